The van der Waals surface area contributed by atoms with Crippen molar-refractivity contribution in [2.75, 3.05) is 0 Å². The molecule has 2 aromatic heterocycles. The number of hydrogen-bond acceptors (Lipinski definition) is 4. The summed E-state index contributed by atoms with van der Waals surface area (Å²) in [5.74, 6) is -0.0907. The molecule has 0 aliphatic rings. The van der Waals surface area contributed by atoms with Gasteiger partial charge in [-0.2, -0.15) is 0 Å². The number of thiophene rings is 1. The van der Waals surface area contributed by atoms with E-state index >= 15 is 0 Å². The predicted octanol–water partition coefficient (Wildman–Crippen LogP) is 1.28. The van der Waals surface area contributed by atoms with Gasteiger partial charge in [0, 0.05) is 6.54 Å². The Labute approximate surface area is 101 Å². The lowest BCUT2D eigenvalue weighted by Gasteiger charge is -2.00. The number of ketones is 1. The van der Waals surface area contributed by atoms with Gasteiger partial charge >= 0.3 is 5.69 Å². The first-order valence-electron chi connectivity index (χ1n) is 5.24. The number of nitrogens with zero attached hydrogens (tertiary/aromatic N) is 1. The molecule has 17 heavy (non-hydrogen) atoms. The molecule has 0 aromatic carbocycles. The summed E-state index contributed by atoms with van der Waals surface area (Å²) in [5, 5.41) is 0.446. The second-order valence-electron chi connectivity index (χ2n) is 3.80. The summed E-state index contributed by atoms with van der Waals surface area (Å²) in [5.41, 5.74) is -0.102. The second-order valence-corrected chi connectivity index (χ2v) is 4.82. The van der Waals surface area contributed by atoms with Crippen LogP contribution in [0.5, 0.6) is 0 Å². The van der Waals surface area contributed by atoms with Crippen LogP contribution in [0.2, 0.25) is 0 Å². The van der Waals surface area contributed by atoms with Gasteiger partial charge in [0.2, 0.25) is 0 Å². The molecular formula is C11H12N2O3S. The Balaban J connectivity index is 3.00. The number of aromatic nitrogens is 2. The van der Waals surface area contributed by atoms with Gasteiger partial charge in [0.15, 0.2) is 5.78 Å². The van der Waals surface area contributed by atoms with Crippen molar-refractivity contribution in [3.05, 3.63) is 31.3 Å². The summed E-state index contributed by atoms with van der Waals surface area (Å²) in [6, 6.07) is 0. The molecule has 6 heteroatoms. The van der Waals surface area contributed by atoms with Gasteiger partial charge < -0.3 is 0 Å². The van der Waals surface area contributed by atoms with Crippen molar-refractivity contribution >= 4 is 27.3 Å². The van der Waals surface area contributed by atoms with Crippen molar-refractivity contribution in [1.82, 2.24) is 9.55 Å². The van der Waals surface area contributed by atoms with Crippen LogP contribution < -0.4 is 11.2 Å². The summed E-state index contributed by atoms with van der Waals surface area (Å²) < 4.78 is 1.13. The van der Waals surface area contributed by atoms with Crippen molar-refractivity contribution < 1.29 is 4.79 Å². The molecule has 0 aliphatic heterocycles. The Morgan fingerprint density at radius 1 is 1.41 bits per heavy atom. The van der Waals surface area contributed by atoms with Crippen LogP contribution in [0, 0.1) is 6.92 Å². The molecule has 90 valence electrons. The zero-order valence-corrected chi connectivity index (χ0v) is 10.6. The third kappa shape index (κ3) is 1.64. The number of carbonyl (C=O) groups is 1. The first kappa shape index (κ1) is 11.8. The Morgan fingerprint density at radius 3 is 2.59 bits per heavy atom. The topological polar surface area (TPSA) is 71.9 Å². The first-order chi connectivity index (χ1) is 7.97. The molecule has 0 aliphatic carbocycles. The smallest absolute Gasteiger partial charge is 0.298 e. The summed E-state index contributed by atoms with van der Waals surface area (Å²) >= 11 is 1.16. The molecule has 5 nitrogen and oxygen atoms in total. The second kappa shape index (κ2) is 3.96. The zero-order chi connectivity index (χ0) is 12.7. The molecule has 0 saturated carbocycles. The fourth-order valence-electron chi connectivity index (χ4n) is 1.87. The number of Topliss-reactive ketones (excluding diaryl/α,β-unsaturated/α-hetero) is 1. The number of nitrogens with one attached hydrogen (secondary N) is 1. The Hall–Kier alpha value is -1.69. The van der Waals surface area contributed by atoms with E-state index in [1.54, 1.807) is 13.8 Å². The number of aromatic amines is 1. The van der Waals surface area contributed by atoms with Gasteiger partial charge in [-0.1, -0.05) is 0 Å². The predicted molar refractivity (Wildman–Crippen MR) is 67.1 cm³/mol. The van der Waals surface area contributed by atoms with Crippen molar-refractivity contribution in [2.45, 2.75) is 27.3 Å². The fraction of sp³-hybridized carbons (Fsp3) is 0.364. The molecule has 0 saturated heterocycles. The zero-order valence-electron chi connectivity index (χ0n) is 9.79. The molecule has 0 unspecified atom stereocenters. The number of fused-ring (bicyclic) bond motifs is 1. The standard InChI is InChI=1S/C11H12N2O3S/c1-4-13-10(15)7-5(2)8(6(3)14)17-9(7)12-11(13)16/h4H2,1-3H3,(H,12,16). The molecule has 0 radical (unpaired) electrons. The highest BCUT2D eigenvalue weighted by Gasteiger charge is 2.17. The summed E-state index contributed by atoms with van der Waals surface area (Å²) in [7, 11) is 0. The number of aryl methyl sites for hydroxylation is 1. The average molecular weight is 252 g/mol. The lowest BCUT2D eigenvalue weighted by atomic mass is 10.2. The van der Waals surface area contributed by atoms with Gasteiger partial charge in [0.25, 0.3) is 5.56 Å². The minimum Gasteiger partial charge on any atom is -0.298 e. The Kier molecular flexibility index (Phi) is 2.74. The molecule has 0 bridgehead atoms. The van der Waals surface area contributed by atoms with Crippen LogP contribution in [0.15, 0.2) is 9.59 Å². The van der Waals surface area contributed by atoms with Crippen molar-refractivity contribution in [3.63, 3.8) is 0 Å². The highest BCUT2D eigenvalue weighted by molar-refractivity contribution is 7.20. The van der Waals surface area contributed by atoms with Gasteiger partial charge in [0.1, 0.15) is 4.83 Å². The van der Waals surface area contributed by atoms with Crippen molar-refractivity contribution in [2.24, 2.45) is 0 Å². The van der Waals surface area contributed by atoms with E-state index in [0.29, 0.717) is 27.2 Å². The number of H-pyrrole nitrogens is 1. The van der Waals surface area contributed by atoms with Gasteiger partial charge in [-0.3, -0.25) is 19.1 Å². The van der Waals surface area contributed by atoms with E-state index in [4.69, 9.17) is 0 Å². The van der Waals surface area contributed by atoms with Crippen LogP contribution in [0.3, 0.4) is 0 Å². The molecule has 1 N–H and O–H groups in total. The summed E-state index contributed by atoms with van der Waals surface area (Å²) in [6.45, 7) is 5.23. The highest BCUT2D eigenvalue weighted by atomic mass is 32.1. The van der Waals surface area contributed by atoms with E-state index in [1.807, 2.05) is 0 Å². The molecule has 0 amide bonds. The molecule has 0 fully saturated rings. The maximum atomic E-state index is 12.1. The molecular weight excluding hydrogens is 240 g/mol. The van der Waals surface area contributed by atoms with E-state index < -0.39 is 5.69 Å². The van der Waals surface area contributed by atoms with Gasteiger partial charge in [-0.15, -0.1) is 11.3 Å². The quantitative estimate of drug-likeness (QED) is 0.818. The molecule has 2 aromatic rings. The lowest BCUT2D eigenvalue weighted by Crippen LogP contribution is -2.34. The largest absolute Gasteiger partial charge is 0.329 e. The maximum Gasteiger partial charge on any atom is 0.329 e. The summed E-state index contributed by atoms with van der Waals surface area (Å²) in [4.78, 5) is 38.7. The minimum absolute atomic E-state index is 0.0907. The van der Waals surface area contributed by atoms with E-state index in [9.17, 15) is 14.4 Å². The van der Waals surface area contributed by atoms with Crippen LogP contribution in [0.1, 0.15) is 29.1 Å². The van der Waals surface area contributed by atoms with Crippen molar-refractivity contribution in [1.29, 1.82) is 0 Å². The first-order valence-corrected chi connectivity index (χ1v) is 6.06. The Bertz CT molecular complexity index is 721. The van der Waals surface area contributed by atoms with Gasteiger partial charge in [0.05, 0.1) is 10.3 Å². The molecule has 0 spiro atoms. The maximum absolute atomic E-state index is 12.1. The van der Waals surface area contributed by atoms with E-state index in [-0.39, 0.29) is 11.3 Å². The molecule has 2 heterocycles. The van der Waals surface area contributed by atoms with Gasteiger partial charge in [-0.25, -0.2) is 4.79 Å². The minimum atomic E-state index is -0.429. The third-order valence-electron chi connectivity index (χ3n) is 2.71. The van der Waals surface area contributed by atoms with Crippen LogP contribution in [0.4, 0.5) is 0 Å². The lowest BCUT2D eigenvalue weighted by molar-refractivity contribution is 0.102. The number of carbonyl (C=O) groups excluding carboxylic acids is 1. The highest BCUT2D eigenvalue weighted by Crippen LogP contribution is 2.26. The van der Waals surface area contributed by atoms with E-state index in [2.05, 4.69) is 4.98 Å². The van der Waals surface area contributed by atoms with Crippen LogP contribution in [0.25, 0.3) is 10.2 Å². The van der Waals surface area contributed by atoms with Crippen molar-refractivity contribution in [3.8, 4) is 0 Å². The number of hydrogen-bond donors (Lipinski definition) is 1. The third-order valence-corrected chi connectivity index (χ3v) is 4.02. The van der Waals surface area contributed by atoms with Gasteiger partial charge in [-0.05, 0) is 26.3 Å². The average Bonchev–Trinajstić information content (AvgIpc) is 2.56. The molecule has 0 atom stereocenters. The SMILES string of the molecule is CCn1c(=O)[nH]c2sc(C(C)=O)c(C)c2c1=O. The fourth-order valence-corrected chi connectivity index (χ4v) is 2.96. The van der Waals surface area contributed by atoms with E-state index in [0.717, 1.165) is 15.9 Å². The van der Waals surface area contributed by atoms with Crippen LogP contribution >= 0.6 is 11.3 Å². The summed E-state index contributed by atoms with van der Waals surface area (Å²) in [6.07, 6.45) is 0. The monoisotopic (exact) mass is 252 g/mol. The molecule has 2 rings (SSSR count). The number of rotatable bonds is 2. The van der Waals surface area contributed by atoms with Crippen LogP contribution in [-0.2, 0) is 6.54 Å². The van der Waals surface area contributed by atoms with Crippen LogP contribution in [-0.4, -0.2) is 15.3 Å². The van der Waals surface area contributed by atoms with E-state index in [1.165, 1.54) is 6.92 Å². The normalized spacial score (nSPS) is 11.0. The Morgan fingerprint density at radius 2 is 2.06 bits per heavy atom.